The molecule has 3 unspecified atom stereocenters. The number of nitrogens with two attached hydrogens (primary N) is 1. The quantitative estimate of drug-likeness (QED) is 0.865. The van der Waals surface area contributed by atoms with Crippen LogP contribution in [0, 0.1) is 29.3 Å². The second kappa shape index (κ2) is 6.14. The smallest absolute Gasteiger partial charge is 0.161 e. The minimum Gasteiger partial charge on any atom is -0.329 e. The number of likely N-dealkylation sites (tertiary alicyclic amines) is 1. The molecule has 1 aliphatic heterocycles. The lowest BCUT2D eigenvalue weighted by Gasteiger charge is -2.40. The first-order valence-electron chi connectivity index (χ1n) is 7.01. The molecule has 0 spiro atoms. The van der Waals surface area contributed by atoms with Gasteiger partial charge in [-0.15, -0.1) is 0 Å². The van der Waals surface area contributed by atoms with Gasteiger partial charge in [0, 0.05) is 31.3 Å². The molecule has 1 saturated heterocycles. The van der Waals surface area contributed by atoms with Gasteiger partial charge in [0.05, 0.1) is 6.04 Å². The Kier molecular flexibility index (Phi) is 4.70. The van der Waals surface area contributed by atoms with Gasteiger partial charge in [0.2, 0.25) is 0 Å². The van der Waals surface area contributed by atoms with Crippen LogP contribution in [0.5, 0.6) is 0 Å². The first-order chi connectivity index (χ1) is 9.42. The molecule has 20 heavy (non-hydrogen) atoms. The van der Waals surface area contributed by atoms with Gasteiger partial charge in [-0.3, -0.25) is 4.90 Å². The van der Waals surface area contributed by atoms with Crippen LogP contribution in [0.15, 0.2) is 12.1 Å². The number of benzene rings is 1. The van der Waals surface area contributed by atoms with Crippen molar-refractivity contribution in [3.05, 3.63) is 35.1 Å². The maximum absolute atomic E-state index is 13.9. The third kappa shape index (κ3) is 3.15. The molecular weight excluding hydrogens is 265 g/mol. The van der Waals surface area contributed by atoms with Crippen molar-refractivity contribution in [1.82, 2.24) is 4.90 Å². The first kappa shape index (κ1) is 15.3. The fourth-order valence-corrected chi connectivity index (χ4v) is 3.23. The van der Waals surface area contributed by atoms with Gasteiger partial charge in [-0.2, -0.15) is 0 Å². The molecule has 0 radical (unpaired) electrons. The van der Waals surface area contributed by atoms with Crippen LogP contribution < -0.4 is 5.73 Å². The third-order valence-electron chi connectivity index (χ3n) is 3.96. The Morgan fingerprint density at radius 3 is 2.20 bits per heavy atom. The van der Waals surface area contributed by atoms with Crippen molar-refractivity contribution in [1.29, 1.82) is 0 Å². The van der Waals surface area contributed by atoms with Gasteiger partial charge in [0.15, 0.2) is 11.6 Å². The Balaban J connectivity index is 2.30. The number of hydrogen-bond acceptors (Lipinski definition) is 2. The Labute approximate surface area is 117 Å². The zero-order valence-electron chi connectivity index (χ0n) is 11.9. The van der Waals surface area contributed by atoms with E-state index in [4.69, 9.17) is 5.73 Å². The average Bonchev–Trinajstić information content (AvgIpc) is 2.35. The van der Waals surface area contributed by atoms with E-state index >= 15 is 0 Å². The molecule has 2 rings (SSSR count). The number of piperidine rings is 1. The van der Waals surface area contributed by atoms with Crippen molar-refractivity contribution in [2.24, 2.45) is 17.6 Å². The fourth-order valence-electron chi connectivity index (χ4n) is 3.23. The molecule has 2 N–H and O–H groups in total. The second-order valence-electron chi connectivity index (χ2n) is 5.94. The minimum atomic E-state index is -1.16. The summed E-state index contributed by atoms with van der Waals surface area (Å²) in [5, 5.41) is 0. The predicted octanol–water partition coefficient (Wildman–Crippen LogP) is 3.08. The average molecular weight is 286 g/mol. The topological polar surface area (TPSA) is 29.3 Å². The highest BCUT2D eigenvalue weighted by Gasteiger charge is 2.29. The lowest BCUT2D eigenvalue weighted by atomic mass is 9.89. The predicted molar refractivity (Wildman–Crippen MR) is 72.6 cm³/mol. The fraction of sp³-hybridized carbons (Fsp3) is 0.600. The summed E-state index contributed by atoms with van der Waals surface area (Å²) in [7, 11) is 0. The molecule has 0 amide bonds. The van der Waals surface area contributed by atoms with Crippen LogP contribution in [-0.2, 0) is 0 Å². The molecule has 1 fully saturated rings. The summed E-state index contributed by atoms with van der Waals surface area (Å²) in [5.41, 5.74) is 5.91. The van der Waals surface area contributed by atoms with E-state index in [2.05, 4.69) is 18.7 Å². The molecule has 0 aromatic heterocycles. The van der Waals surface area contributed by atoms with Crippen LogP contribution in [-0.4, -0.2) is 24.5 Å². The molecule has 0 aliphatic carbocycles. The summed E-state index contributed by atoms with van der Waals surface area (Å²) in [6.45, 7) is 6.05. The van der Waals surface area contributed by atoms with E-state index in [0.717, 1.165) is 25.6 Å². The molecule has 1 heterocycles. The van der Waals surface area contributed by atoms with Crippen LogP contribution >= 0.6 is 0 Å². The minimum absolute atomic E-state index is 0.146. The Bertz CT molecular complexity index is 468. The third-order valence-corrected chi connectivity index (χ3v) is 3.96. The standard InChI is InChI=1S/C15H21F3N2/c1-9-3-10(2)8-20(7-9)15(6-19)11-4-13(17)14(18)5-12(11)16/h4-5,9-10,15H,3,6-8,19H2,1-2H3. The van der Waals surface area contributed by atoms with E-state index < -0.39 is 23.5 Å². The van der Waals surface area contributed by atoms with Crippen molar-refractivity contribution in [3.63, 3.8) is 0 Å². The summed E-state index contributed by atoms with van der Waals surface area (Å²) in [6, 6.07) is 1.13. The van der Waals surface area contributed by atoms with Crippen LogP contribution in [0.1, 0.15) is 31.9 Å². The lowest BCUT2D eigenvalue weighted by molar-refractivity contribution is 0.0964. The maximum Gasteiger partial charge on any atom is 0.161 e. The van der Waals surface area contributed by atoms with E-state index in [0.29, 0.717) is 17.9 Å². The van der Waals surface area contributed by atoms with Gasteiger partial charge >= 0.3 is 0 Å². The van der Waals surface area contributed by atoms with Crippen molar-refractivity contribution in [2.45, 2.75) is 26.3 Å². The highest BCUT2D eigenvalue weighted by molar-refractivity contribution is 5.24. The van der Waals surface area contributed by atoms with E-state index in [1.165, 1.54) is 0 Å². The number of nitrogens with zero attached hydrogens (tertiary/aromatic N) is 1. The van der Waals surface area contributed by atoms with Crippen molar-refractivity contribution < 1.29 is 13.2 Å². The molecule has 3 atom stereocenters. The zero-order chi connectivity index (χ0) is 14.9. The summed E-state index contributed by atoms with van der Waals surface area (Å²) in [5.74, 6) is -1.95. The Morgan fingerprint density at radius 2 is 1.65 bits per heavy atom. The normalized spacial score (nSPS) is 25.7. The number of hydrogen-bond donors (Lipinski definition) is 1. The Hall–Kier alpha value is -1.07. The summed E-state index contributed by atoms with van der Waals surface area (Å²) in [4.78, 5) is 2.08. The highest BCUT2D eigenvalue weighted by atomic mass is 19.2. The van der Waals surface area contributed by atoms with E-state index in [1.54, 1.807) is 0 Å². The lowest BCUT2D eigenvalue weighted by Crippen LogP contribution is -2.43. The van der Waals surface area contributed by atoms with Gasteiger partial charge < -0.3 is 5.73 Å². The highest BCUT2D eigenvalue weighted by Crippen LogP contribution is 2.30. The van der Waals surface area contributed by atoms with Crippen LogP contribution in [0.4, 0.5) is 13.2 Å². The first-order valence-corrected chi connectivity index (χ1v) is 7.01. The van der Waals surface area contributed by atoms with E-state index in [1.807, 2.05) is 0 Å². The van der Waals surface area contributed by atoms with Crippen molar-refractivity contribution in [2.75, 3.05) is 19.6 Å². The maximum atomic E-state index is 13.9. The molecule has 5 heteroatoms. The van der Waals surface area contributed by atoms with Gasteiger partial charge in [-0.25, -0.2) is 13.2 Å². The zero-order valence-corrected chi connectivity index (χ0v) is 11.9. The SMILES string of the molecule is CC1CC(C)CN(C(CN)c2cc(F)c(F)cc2F)C1. The van der Waals surface area contributed by atoms with E-state index in [9.17, 15) is 13.2 Å². The Morgan fingerprint density at radius 1 is 1.10 bits per heavy atom. The monoisotopic (exact) mass is 286 g/mol. The van der Waals surface area contributed by atoms with Gasteiger partial charge in [-0.05, 0) is 24.3 Å². The van der Waals surface area contributed by atoms with Gasteiger partial charge in [0.25, 0.3) is 0 Å². The summed E-state index contributed by atoms with van der Waals surface area (Å²) < 4.78 is 40.3. The molecule has 1 aliphatic rings. The molecule has 1 aromatic carbocycles. The molecule has 112 valence electrons. The van der Waals surface area contributed by atoms with Crippen LogP contribution in [0.25, 0.3) is 0 Å². The summed E-state index contributed by atoms with van der Waals surface area (Å²) in [6.07, 6.45) is 1.12. The van der Waals surface area contributed by atoms with E-state index in [-0.39, 0.29) is 12.1 Å². The van der Waals surface area contributed by atoms with Crippen molar-refractivity contribution >= 4 is 0 Å². The summed E-state index contributed by atoms with van der Waals surface area (Å²) >= 11 is 0. The van der Waals surface area contributed by atoms with Gasteiger partial charge in [-0.1, -0.05) is 13.8 Å². The largest absolute Gasteiger partial charge is 0.329 e. The number of halogens is 3. The van der Waals surface area contributed by atoms with Crippen LogP contribution in [0.3, 0.4) is 0 Å². The molecular formula is C15H21F3N2. The van der Waals surface area contributed by atoms with Crippen LogP contribution in [0.2, 0.25) is 0 Å². The molecule has 0 bridgehead atoms. The second-order valence-corrected chi connectivity index (χ2v) is 5.94. The molecule has 2 nitrogen and oxygen atoms in total. The molecule has 0 saturated carbocycles. The van der Waals surface area contributed by atoms with Gasteiger partial charge in [0.1, 0.15) is 5.82 Å². The van der Waals surface area contributed by atoms with Crippen molar-refractivity contribution in [3.8, 4) is 0 Å². The molecule has 1 aromatic rings. The number of rotatable bonds is 3.